The quantitative estimate of drug-likeness (QED) is 0.830. The molecule has 1 aliphatic heterocycles. The van der Waals surface area contributed by atoms with Crippen LogP contribution in [0.1, 0.15) is 30.1 Å². The molecule has 24 heavy (non-hydrogen) atoms. The average Bonchev–Trinajstić information content (AvgIpc) is 2.97. The Morgan fingerprint density at radius 2 is 1.50 bits per heavy atom. The van der Waals surface area contributed by atoms with E-state index in [1.807, 2.05) is 30.3 Å². The van der Waals surface area contributed by atoms with Gasteiger partial charge in [-0.1, -0.05) is 13.0 Å². The normalized spacial score (nSPS) is 18.5. The van der Waals surface area contributed by atoms with E-state index >= 15 is 0 Å². The van der Waals surface area contributed by atoms with E-state index in [1.54, 1.807) is 28.4 Å². The van der Waals surface area contributed by atoms with E-state index in [-0.39, 0.29) is 12.0 Å². The molecule has 3 rings (SSSR count). The first-order valence-electron chi connectivity index (χ1n) is 7.77. The molecule has 0 amide bonds. The highest BCUT2D eigenvalue weighted by Crippen LogP contribution is 2.52. The Labute approximate surface area is 142 Å². The van der Waals surface area contributed by atoms with E-state index in [1.165, 1.54) is 0 Å². The standard InChI is InChI=1S/C19H22O5/c1-11-14-9-13(20-2)10-17(23-5)19(14)24-18(11)12-6-7-15(21-3)16(8-12)22-4/h6-11,18H,1-5H3. The molecular weight excluding hydrogens is 308 g/mol. The molecule has 0 radical (unpaired) electrons. The summed E-state index contributed by atoms with van der Waals surface area (Å²) >= 11 is 0. The minimum absolute atomic E-state index is 0.124. The van der Waals surface area contributed by atoms with Crippen molar-refractivity contribution in [2.45, 2.75) is 18.9 Å². The van der Waals surface area contributed by atoms with Crippen LogP contribution in [0.5, 0.6) is 28.7 Å². The molecule has 5 nitrogen and oxygen atoms in total. The van der Waals surface area contributed by atoms with Gasteiger partial charge in [-0.2, -0.15) is 0 Å². The molecule has 0 N–H and O–H groups in total. The number of rotatable bonds is 5. The Morgan fingerprint density at radius 3 is 2.12 bits per heavy atom. The summed E-state index contributed by atoms with van der Waals surface area (Å²) in [5.41, 5.74) is 2.10. The van der Waals surface area contributed by atoms with Crippen LogP contribution >= 0.6 is 0 Å². The fourth-order valence-electron chi connectivity index (χ4n) is 3.11. The van der Waals surface area contributed by atoms with Gasteiger partial charge in [-0.05, 0) is 23.8 Å². The van der Waals surface area contributed by atoms with Crippen LogP contribution in [0.25, 0.3) is 0 Å². The highest BCUT2D eigenvalue weighted by Gasteiger charge is 2.35. The van der Waals surface area contributed by atoms with E-state index in [2.05, 4.69) is 6.92 Å². The van der Waals surface area contributed by atoms with Gasteiger partial charge >= 0.3 is 0 Å². The number of ether oxygens (including phenoxy) is 5. The lowest BCUT2D eigenvalue weighted by Gasteiger charge is -2.18. The molecule has 128 valence electrons. The van der Waals surface area contributed by atoms with Gasteiger partial charge in [-0.15, -0.1) is 0 Å². The van der Waals surface area contributed by atoms with Gasteiger partial charge in [-0.3, -0.25) is 0 Å². The summed E-state index contributed by atoms with van der Waals surface area (Å²) < 4.78 is 27.8. The smallest absolute Gasteiger partial charge is 0.166 e. The van der Waals surface area contributed by atoms with Crippen molar-refractivity contribution in [1.29, 1.82) is 0 Å². The minimum Gasteiger partial charge on any atom is -0.497 e. The van der Waals surface area contributed by atoms with Gasteiger partial charge in [0.1, 0.15) is 11.9 Å². The number of methoxy groups -OCH3 is 4. The van der Waals surface area contributed by atoms with Crippen LogP contribution in [0.4, 0.5) is 0 Å². The van der Waals surface area contributed by atoms with Crippen molar-refractivity contribution in [3.05, 3.63) is 41.5 Å². The van der Waals surface area contributed by atoms with E-state index in [4.69, 9.17) is 23.7 Å². The predicted octanol–water partition coefficient (Wildman–Crippen LogP) is 3.96. The molecule has 2 aromatic rings. The zero-order valence-corrected chi connectivity index (χ0v) is 14.6. The highest BCUT2D eigenvalue weighted by atomic mass is 16.5. The predicted molar refractivity (Wildman–Crippen MR) is 90.9 cm³/mol. The first-order valence-corrected chi connectivity index (χ1v) is 7.77. The Balaban J connectivity index is 2.00. The zero-order valence-electron chi connectivity index (χ0n) is 14.6. The van der Waals surface area contributed by atoms with Crippen LogP contribution in [-0.4, -0.2) is 28.4 Å². The molecule has 0 saturated heterocycles. The summed E-state index contributed by atoms with van der Waals surface area (Å²) in [7, 11) is 6.53. The minimum atomic E-state index is -0.124. The first-order chi connectivity index (χ1) is 11.6. The molecule has 5 heteroatoms. The van der Waals surface area contributed by atoms with E-state index < -0.39 is 0 Å². The molecular formula is C19H22O5. The van der Waals surface area contributed by atoms with Crippen LogP contribution in [-0.2, 0) is 0 Å². The third-order valence-corrected chi connectivity index (χ3v) is 4.44. The van der Waals surface area contributed by atoms with Gasteiger partial charge in [0.25, 0.3) is 0 Å². The molecule has 2 atom stereocenters. The topological polar surface area (TPSA) is 46.2 Å². The lowest BCUT2D eigenvalue weighted by atomic mass is 9.92. The van der Waals surface area contributed by atoms with Crippen LogP contribution in [0, 0.1) is 0 Å². The Hall–Kier alpha value is -2.56. The second-order valence-corrected chi connectivity index (χ2v) is 5.69. The third-order valence-electron chi connectivity index (χ3n) is 4.44. The van der Waals surface area contributed by atoms with Crippen LogP contribution in [0.15, 0.2) is 30.3 Å². The van der Waals surface area contributed by atoms with Gasteiger partial charge in [0.15, 0.2) is 23.0 Å². The Bertz CT molecular complexity index is 741. The monoisotopic (exact) mass is 330 g/mol. The highest BCUT2D eigenvalue weighted by molar-refractivity contribution is 5.57. The van der Waals surface area contributed by atoms with Crippen molar-refractivity contribution in [2.24, 2.45) is 0 Å². The fourth-order valence-corrected chi connectivity index (χ4v) is 3.11. The number of hydrogen-bond donors (Lipinski definition) is 0. The molecule has 0 bridgehead atoms. The molecule has 0 saturated carbocycles. The van der Waals surface area contributed by atoms with Crippen molar-refractivity contribution in [3.8, 4) is 28.7 Å². The first kappa shape index (κ1) is 16.3. The fraction of sp³-hybridized carbons (Fsp3) is 0.368. The summed E-state index contributed by atoms with van der Waals surface area (Å²) in [4.78, 5) is 0. The van der Waals surface area contributed by atoms with Gasteiger partial charge in [0.2, 0.25) is 0 Å². The van der Waals surface area contributed by atoms with Crippen molar-refractivity contribution < 1.29 is 23.7 Å². The summed E-state index contributed by atoms with van der Waals surface area (Å²) in [6.07, 6.45) is -0.124. The molecule has 0 spiro atoms. The van der Waals surface area contributed by atoms with Crippen molar-refractivity contribution in [2.75, 3.05) is 28.4 Å². The van der Waals surface area contributed by atoms with Gasteiger partial charge in [-0.25, -0.2) is 0 Å². The Kier molecular flexibility index (Phi) is 4.42. The zero-order chi connectivity index (χ0) is 17.3. The second-order valence-electron chi connectivity index (χ2n) is 5.69. The van der Waals surface area contributed by atoms with E-state index in [0.29, 0.717) is 17.2 Å². The largest absolute Gasteiger partial charge is 0.497 e. The maximum absolute atomic E-state index is 6.22. The van der Waals surface area contributed by atoms with Crippen LogP contribution in [0.3, 0.4) is 0 Å². The summed E-state index contributed by atoms with van der Waals surface area (Å²) in [5, 5.41) is 0. The molecule has 2 unspecified atom stereocenters. The lowest BCUT2D eigenvalue weighted by molar-refractivity contribution is 0.207. The van der Waals surface area contributed by atoms with E-state index in [9.17, 15) is 0 Å². The number of fused-ring (bicyclic) bond motifs is 1. The van der Waals surface area contributed by atoms with Crippen molar-refractivity contribution in [3.63, 3.8) is 0 Å². The average molecular weight is 330 g/mol. The number of hydrogen-bond acceptors (Lipinski definition) is 5. The van der Waals surface area contributed by atoms with Gasteiger partial charge in [0.05, 0.1) is 28.4 Å². The maximum Gasteiger partial charge on any atom is 0.166 e. The van der Waals surface area contributed by atoms with Crippen molar-refractivity contribution >= 4 is 0 Å². The lowest BCUT2D eigenvalue weighted by Crippen LogP contribution is -2.07. The summed E-state index contributed by atoms with van der Waals surface area (Å²) in [6.45, 7) is 2.13. The SMILES string of the molecule is COc1cc(OC)c2c(c1)C(C)C(c1ccc(OC)c(OC)c1)O2. The molecule has 1 heterocycles. The Morgan fingerprint density at radius 1 is 0.792 bits per heavy atom. The van der Waals surface area contributed by atoms with Gasteiger partial charge < -0.3 is 23.7 Å². The van der Waals surface area contributed by atoms with Crippen LogP contribution < -0.4 is 23.7 Å². The van der Waals surface area contributed by atoms with E-state index in [0.717, 1.165) is 22.6 Å². The summed E-state index contributed by atoms with van der Waals surface area (Å²) in [6, 6.07) is 9.69. The molecule has 1 aliphatic rings. The second kappa shape index (κ2) is 6.51. The molecule has 0 aromatic heterocycles. The molecule has 0 aliphatic carbocycles. The van der Waals surface area contributed by atoms with Crippen molar-refractivity contribution in [1.82, 2.24) is 0 Å². The third kappa shape index (κ3) is 2.60. The van der Waals surface area contributed by atoms with Crippen LogP contribution in [0.2, 0.25) is 0 Å². The number of benzene rings is 2. The molecule has 0 fully saturated rings. The maximum atomic E-state index is 6.22. The van der Waals surface area contributed by atoms with Gasteiger partial charge in [0, 0.05) is 17.5 Å². The summed E-state index contributed by atoms with van der Waals surface area (Å²) in [5.74, 6) is 3.75. The molecule has 2 aromatic carbocycles.